The third-order valence-electron chi connectivity index (χ3n) is 3.16. The molecule has 112 valence electrons. The maximum atomic E-state index is 11.7. The molecule has 1 aromatic rings. The number of rotatable bonds is 6. The fourth-order valence-corrected chi connectivity index (χ4v) is 2.47. The molecule has 2 N–H and O–H groups in total. The van der Waals surface area contributed by atoms with Crippen molar-refractivity contribution >= 4 is 21.8 Å². The van der Waals surface area contributed by atoms with Gasteiger partial charge in [0.1, 0.15) is 5.75 Å². The molecule has 0 aliphatic carbocycles. The molecule has 0 heterocycles. The smallest absolute Gasteiger partial charge is 0.259 e. The van der Waals surface area contributed by atoms with E-state index in [2.05, 4.69) is 22.9 Å². The Morgan fingerprint density at radius 1 is 1.45 bits per heavy atom. The van der Waals surface area contributed by atoms with E-state index in [4.69, 9.17) is 10.5 Å². The van der Waals surface area contributed by atoms with E-state index in [-0.39, 0.29) is 18.6 Å². The predicted octanol–water partition coefficient (Wildman–Crippen LogP) is 2.50. The van der Waals surface area contributed by atoms with Crippen LogP contribution in [0.25, 0.3) is 0 Å². The SMILES string of the molecule is CCC(N)Cc1cc(Br)cc(C)c1OCC(=O)N(C)C. The lowest BCUT2D eigenvalue weighted by atomic mass is 10.0. The highest BCUT2D eigenvalue weighted by Crippen LogP contribution is 2.29. The Balaban J connectivity index is 2.94. The zero-order valence-electron chi connectivity index (χ0n) is 12.6. The van der Waals surface area contributed by atoms with Gasteiger partial charge in [0.25, 0.3) is 5.91 Å². The summed E-state index contributed by atoms with van der Waals surface area (Å²) in [5, 5.41) is 0. The third-order valence-corrected chi connectivity index (χ3v) is 3.62. The van der Waals surface area contributed by atoms with Crippen LogP contribution in [0.5, 0.6) is 5.75 Å². The maximum Gasteiger partial charge on any atom is 0.259 e. The first-order chi connectivity index (χ1) is 9.35. The first kappa shape index (κ1) is 17.0. The summed E-state index contributed by atoms with van der Waals surface area (Å²) in [7, 11) is 3.43. The van der Waals surface area contributed by atoms with E-state index in [0.717, 1.165) is 34.2 Å². The second-order valence-electron chi connectivity index (χ2n) is 5.16. The highest BCUT2D eigenvalue weighted by atomic mass is 79.9. The molecule has 1 atom stereocenters. The number of nitrogens with zero attached hydrogens (tertiary/aromatic N) is 1. The number of likely N-dealkylation sites (N-methyl/N-ethyl adjacent to an activating group) is 1. The number of halogens is 1. The van der Waals surface area contributed by atoms with Crippen LogP contribution in [-0.2, 0) is 11.2 Å². The van der Waals surface area contributed by atoms with Crippen molar-refractivity contribution in [2.45, 2.75) is 32.7 Å². The molecule has 0 aliphatic heterocycles. The van der Waals surface area contributed by atoms with Crippen molar-refractivity contribution < 1.29 is 9.53 Å². The molecule has 0 spiro atoms. The quantitative estimate of drug-likeness (QED) is 0.864. The van der Waals surface area contributed by atoms with Crippen molar-refractivity contribution in [3.8, 4) is 5.75 Å². The summed E-state index contributed by atoms with van der Waals surface area (Å²) in [6.45, 7) is 4.08. The van der Waals surface area contributed by atoms with E-state index < -0.39 is 0 Å². The van der Waals surface area contributed by atoms with E-state index in [0.29, 0.717) is 0 Å². The number of benzene rings is 1. The van der Waals surface area contributed by atoms with Gasteiger partial charge in [-0.1, -0.05) is 22.9 Å². The van der Waals surface area contributed by atoms with E-state index in [1.54, 1.807) is 14.1 Å². The van der Waals surface area contributed by atoms with E-state index >= 15 is 0 Å². The molecule has 0 aromatic heterocycles. The molecule has 1 unspecified atom stereocenters. The highest BCUT2D eigenvalue weighted by molar-refractivity contribution is 9.10. The molecular weight excluding hydrogens is 320 g/mol. The van der Waals surface area contributed by atoms with Crippen LogP contribution in [0, 0.1) is 6.92 Å². The Morgan fingerprint density at radius 2 is 2.10 bits per heavy atom. The van der Waals surface area contributed by atoms with Gasteiger partial charge in [-0.3, -0.25) is 4.79 Å². The average molecular weight is 343 g/mol. The maximum absolute atomic E-state index is 11.7. The summed E-state index contributed by atoms with van der Waals surface area (Å²) in [5.74, 6) is 0.713. The van der Waals surface area contributed by atoms with Crippen molar-refractivity contribution in [3.05, 3.63) is 27.7 Å². The molecule has 0 fully saturated rings. The second-order valence-corrected chi connectivity index (χ2v) is 6.08. The van der Waals surface area contributed by atoms with Crippen molar-refractivity contribution in [1.82, 2.24) is 4.90 Å². The Hall–Kier alpha value is -1.07. The molecule has 0 saturated heterocycles. The van der Waals surface area contributed by atoms with Gasteiger partial charge in [-0.15, -0.1) is 0 Å². The lowest BCUT2D eigenvalue weighted by Gasteiger charge is -2.18. The van der Waals surface area contributed by atoms with Gasteiger partial charge in [-0.25, -0.2) is 0 Å². The van der Waals surface area contributed by atoms with Crippen LogP contribution >= 0.6 is 15.9 Å². The number of hydrogen-bond donors (Lipinski definition) is 1. The van der Waals surface area contributed by atoms with Gasteiger partial charge in [0.2, 0.25) is 0 Å². The highest BCUT2D eigenvalue weighted by Gasteiger charge is 2.14. The van der Waals surface area contributed by atoms with Crippen LogP contribution in [0.3, 0.4) is 0 Å². The molecule has 0 bridgehead atoms. The summed E-state index contributed by atoms with van der Waals surface area (Å²) in [6.07, 6.45) is 1.64. The van der Waals surface area contributed by atoms with Gasteiger partial charge < -0.3 is 15.4 Å². The Kier molecular flexibility index (Phi) is 6.49. The molecule has 0 saturated carbocycles. The van der Waals surface area contributed by atoms with E-state index in [1.807, 2.05) is 19.1 Å². The molecule has 1 amide bonds. The van der Waals surface area contributed by atoms with Crippen molar-refractivity contribution in [2.75, 3.05) is 20.7 Å². The van der Waals surface area contributed by atoms with Crippen LogP contribution in [0.4, 0.5) is 0 Å². The summed E-state index contributed by atoms with van der Waals surface area (Å²) in [6, 6.07) is 4.09. The standard InChI is InChI=1S/C15H23BrN2O2/c1-5-13(17)8-11-7-12(16)6-10(2)15(11)20-9-14(19)18(3)4/h6-7,13H,5,8-9,17H2,1-4H3. The van der Waals surface area contributed by atoms with Gasteiger partial charge in [0, 0.05) is 24.6 Å². The van der Waals surface area contributed by atoms with Crippen molar-refractivity contribution in [1.29, 1.82) is 0 Å². The molecule has 0 radical (unpaired) electrons. The van der Waals surface area contributed by atoms with Gasteiger partial charge in [-0.2, -0.15) is 0 Å². The van der Waals surface area contributed by atoms with Gasteiger partial charge in [-0.05, 0) is 43.0 Å². The topological polar surface area (TPSA) is 55.6 Å². The lowest BCUT2D eigenvalue weighted by Crippen LogP contribution is -2.28. The van der Waals surface area contributed by atoms with Crippen LogP contribution < -0.4 is 10.5 Å². The lowest BCUT2D eigenvalue weighted by molar-refractivity contribution is -0.130. The number of carbonyl (C=O) groups is 1. The molecule has 1 aromatic carbocycles. The first-order valence-electron chi connectivity index (χ1n) is 6.72. The number of nitrogens with two attached hydrogens (primary N) is 1. The molecule has 5 heteroatoms. The second kappa shape index (κ2) is 7.64. The van der Waals surface area contributed by atoms with Gasteiger partial charge in [0.05, 0.1) is 0 Å². The predicted molar refractivity (Wildman–Crippen MR) is 85.0 cm³/mol. The summed E-state index contributed by atoms with van der Waals surface area (Å²) in [5.41, 5.74) is 8.08. The normalized spacial score (nSPS) is 12.1. The number of ether oxygens (including phenoxy) is 1. The van der Waals surface area contributed by atoms with Crippen molar-refractivity contribution in [3.63, 3.8) is 0 Å². The largest absolute Gasteiger partial charge is 0.483 e. The van der Waals surface area contributed by atoms with Crippen LogP contribution in [-0.4, -0.2) is 37.6 Å². The summed E-state index contributed by atoms with van der Waals surface area (Å²) in [4.78, 5) is 13.2. The van der Waals surface area contributed by atoms with E-state index in [9.17, 15) is 4.79 Å². The Bertz CT molecular complexity index is 475. The summed E-state index contributed by atoms with van der Waals surface area (Å²) < 4.78 is 6.72. The minimum absolute atomic E-state index is 0.0455. The average Bonchev–Trinajstić information content (AvgIpc) is 2.36. The Labute approximate surface area is 129 Å². The fourth-order valence-electron chi connectivity index (χ4n) is 1.85. The Morgan fingerprint density at radius 3 is 2.65 bits per heavy atom. The number of aryl methyl sites for hydroxylation is 1. The molecular formula is C15H23BrN2O2. The zero-order chi connectivity index (χ0) is 15.3. The number of hydrogen-bond acceptors (Lipinski definition) is 3. The number of amides is 1. The zero-order valence-corrected chi connectivity index (χ0v) is 14.2. The molecule has 0 aliphatic rings. The molecule has 4 nitrogen and oxygen atoms in total. The minimum Gasteiger partial charge on any atom is -0.483 e. The summed E-state index contributed by atoms with van der Waals surface area (Å²) >= 11 is 3.49. The monoisotopic (exact) mass is 342 g/mol. The minimum atomic E-state index is -0.0574. The van der Waals surface area contributed by atoms with Crippen molar-refractivity contribution in [2.24, 2.45) is 5.73 Å². The molecule has 1 rings (SSSR count). The fraction of sp³-hybridized carbons (Fsp3) is 0.533. The van der Waals surface area contributed by atoms with Gasteiger partial charge >= 0.3 is 0 Å². The van der Waals surface area contributed by atoms with Crippen LogP contribution in [0.2, 0.25) is 0 Å². The first-order valence-corrected chi connectivity index (χ1v) is 7.52. The molecule has 20 heavy (non-hydrogen) atoms. The van der Waals surface area contributed by atoms with E-state index in [1.165, 1.54) is 4.90 Å². The van der Waals surface area contributed by atoms with Gasteiger partial charge in [0.15, 0.2) is 6.61 Å². The van der Waals surface area contributed by atoms with Crippen LogP contribution in [0.15, 0.2) is 16.6 Å². The number of carbonyl (C=O) groups excluding carboxylic acids is 1. The third kappa shape index (κ3) is 4.80. The van der Waals surface area contributed by atoms with Crippen LogP contribution in [0.1, 0.15) is 24.5 Å².